The van der Waals surface area contributed by atoms with Gasteiger partial charge in [0.15, 0.2) is 0 Å². The first-order valence-electron chi connectivity index (χ1n) is 6.44. The molecule has 0 aromatic heterocycles. The third kappa shape index (κ3) is 4.78. The van der Waals surface area contributed by atoms with Gasteiger partial charge in [-0.05, 0) is 23.8 Å². The Hall–Kier alpha value is -1.17. The maximum absolute atomic E-state index is 11.8. The molecule has 0 spiro atoms. The van der Waals surface area contributed by atoms with Gasteiger partial charge in [0.25, 0.3) is 5.91 Å². The fraction of sp³-hybridized carbons (Fsp3) is 0.357. The van der Waals surface area contributed by atoms with Gasteiger partial charge in [0.05, 0.1) is 33.2 Å². The molecular weight excluding hydrogens is 306 g/mol. The number of piperazine rings is 1. The van der Waals surface area contributed by atoms with Crippen molar-refractivity contribution in [2.24, 2.45) is 0 Å². The molecule has 1 aliphatic heterocycles. The molecule has 0 aliphatic carbocycles. The average Bonchev–Trinajstić information content (AvgIpc) is 2.41. The van der Waals surface area contributed by atoms with Crippen LogP contribution in [0.2, 0.25) is 0 Å². The van der Waals surface area contributed by atoms with E-state index >= 15 is 0 Å². The van der Waals surface area contributed by atoms with E-state index in [4.69, 9.17) is 0 Å². The number of nitrogens with zero attached hydrogens (tertiary/aromatic N) is 1. The predicted molar refractivity (Wildman–Crippen MR) is 79.5 cm³/mol. The molecule has 1 aromatic rings. The Kier molecular flexibility index (Phi) is 5.13. The first-order chi connectivity index (χ1) is 9.13. The fourth-order valence-corrected chi connectivity index (χ4v) is 2.20. The number of benzene rings is 1. The van der Waals surface area contributed by atoms with Gasteiger partial charge in [-0.15, -0.1) is 0 Å². The molecule has 0 bridgehead atoms. The second kappa shape index (κ2) is 6.84. The van der Waals surface area contributed by atoms with Crippen LogP contribution in [0.15, 0.2) is 34.8 Å². The average molecular weight is 325 g/mol. The number of halogens is 1. The number of quaternary nitrogens is 1. The molecule has 1 saturated heterocycles. The standard InChI is InChI=1S/C14H18BrN3O/c1-17-8-10-18(11-9-17)16-14(19)7-4-12-2-5-13(15)6-3-12/h2-7H,8-11H2,1H3,(H,16,19)/p+1/b7-4+. The summed E-state index contributed by atoms with van der Waals surface area (Å²) in [5, 5.41) is 1.99. The van der Waals surface area contributed by atoms with E-state index in [9.17, 15) is 4.79 Å². The Balaban J connectivity index is 1.82. The van der Waals surface area contributed by atoms with Crippen molar-refractivity contribution in [1.29, 1.82) is 0 Å². The van der Waals surface area contributed by atoms with Crippen molar-refractivity contribution in [3.05, 3.63) is 40.4 Å². The summed E-state index contributed by atoms with van der Waals surface area (Å²) in [6.07, 6.45) is 3.40. The van der Waals surface area contributed by atoms with Crippen molar-refractivity contribution in [2.45, 2.75) is 0 Å². The summed E-state index contributed by atoms with van der Waals surface area (Å²) in [5.41, 5.74) is 3.92. The SMILES string of the molecule is C[NH+]1CCN(NC(=O)/C=C/c2ccc(Br)cc2)CC1. The fourth-order valence-electron chi connectivity index (χ4n) is 1.94. The van der Waals surface area contributed by atoms with Gasteiger partial charge in [0.2, 0.25) is 0 Å². The summed E-state index contributed by atoms with van der Waals surface area (Å²) < 4.78 is 1.04. The van der Waals surface area contributed by atoms with Crippen LogP contribution in [0.4, 0.5) is 0 Å². The molecule has 1 aliphatic rings. The van der Waals surface area contributed by atoms with E-state index in [1.165, 1.54) is 4.90 Å². The Morgan fingerprint density at radius 1 is 1.32 bits per heavy atom. The monoisotopic (exact) mass is 324 g/mol. The van der Waals surface area contributed by atoms with E-state index in [-0.39, 0.29) is 5.91 Å². The van der Waals surface area contributed by atoms with Gasteiger partial charge in [-0.1, -0.05) is 28.1 Å². The molecular formula is C14H19BrN3O+. The summed E-state index contributed by atoms with van der Waals surface area (Å²) in [6, 6.07) is 7.85. The molecule has 1 heterocycles. The lowest BCUT2D eigenvalue weighted by Gasteiger charge is -2.29. The maximum atomic E-state index is 11.8. The Morgan fingerprint density at radius 3 is 2.58 bits per heavy atom. The van der Waals surface area contributed by atoms with Gasteiger partial charge < -0.3 is 4.90 Å². The number of hydrazine groups is 1. The predicted octanol–water partition coefficient (Wildman–Crippen LogP) is 0.324. The molecule has 1 fully saturated rings. The van der Waals surface area contributed by atoms with Crippen LogP contribution in [0, 0.1) is 0 Å². The van der Waals surface area contributed by atoms with Crippen molar-refractivity contribution in [1.82, 2.24) is 10.4 Å². The van der Waals surface area contributed by atoms with Crippen LogP contribution in [0.1, 0.15) is 5.56 Å². The summed E-state index contributed by atoms with van der Waals surface area (Å²) in [6.45, 7) is 3.95. The summed E-state index contributed by atoms with van der Waals surface area (Å²) in [4.78, 5) is 13.3. The van der Waals surface area contributed by atoms with Crippen LogP contribution in [0.3, 0.4) is 0 Å². The number of nitrogens with one attached hydrogen (secondary N) is 2. The molecule has 0 radical (unpaired) electrons. The van der Waals surface area contributed by atoms with Crippen LogP contribution in [0.5, 0.6) is 0 Å². The number of carbonyl (C=O) groups excluding carboxylic acids is 1. The van der Waals surface area contributed by atoms with E-state index in [2.05, 4.69) is 28.4 Å². The molecule has 102 valence electrons. The largest absolute Gasteiger partial charge is 0.335 e. The molecule has 1 amide bonds. The highest BCUT2D eigenvalue weighted by Gasteiger charge is 2.16. The lowest BCUT2D eigenvalue weighted by molar-refractivity contribution is -0.884. The van der Waals surface area contributed by atoms with Crippen molar-refractivity contribution in [3.8, 4) is 0 Å². The molecule has 19 heavy (non-hydrogen) atoms. The van der Waals surface area contributed by atoms with Crippen LogP contribution in [-0.2, 0) is 4.79 Å². The normalized spacial score (nSPS) is 17.8. The van der Waals surface area contributed by atoms with Crippen molar-refractivity contribution < 1.29 is 9.69 Å². The quantitative estimate of drug-likeness (QED) is 0.786. The van der Waals surface area contributed by atoms with Crippen LogP contribution in [0.25, 0.3) is 6.08 Å². The van der Waals surface area contributed by atoms with Gasteiger partial charge >= 0.3 is 0 Å². The third-order valence-electron chi connectivity index (χ3n) is 3.18. The molecule has 1 aromatic carbocycles. The lowest BCUT2D eigenvalue weighted by Crippen LogP contribution is -3.12. The van der Waals surface area contributed by atoms with Crippen molar-refractivity contribution in [2.75, 3.05) is 33.2 Å². The number of rotatable bonds is 3. The number of hydrogen-bond acceptors (Lipinski definition) is 2. The molecule has 0 unspecified atom stereocenters. The molecule has 5 heteroatoms. The Bertz CT molecular complexity index is 450. The maximum Gasteiger partial charge on any atom is 0.258 e. The van der Waals surface area contributed by atoms with Gasteiger partial charge in [0.1, 0.15) is 0 Å². The highest BCUT2D eigenvalue weighted by Crippen LogP contribution is 2.11. The zero-order chi connectivity index (χ0) is 13.7. The Labute approximate surface area is 122 Å². The zero-order valence-electron chi connectivity index (χ0n) is 11.0. The topological polar surface area (TPSA) is 36.8 Å². The number of amides is 1. The van der Waals surface area contributed by atoms with Gasteiger partial charge in [0, 0.05) is 10.5 Å². The van der Waals surface area contributed by atoms with Crippen molar-refractivity contribution >= 4 is 27.9 Å². The highest BCUT2D eigenvalue weighted by atomic mass is 79.9. The van der Waals surface area contributed by atoms with Gasteiger partial charge in [-0.3, -0.25) is 10.2 Å². The van der Waals surface area contributed by atoms with E-state index in [1.54, 1.807) is 6.08 Å². The minimum absolute atomic E-state index is 0.0672. The molecule has 2 N–H and O–H groups in total. The first kappa shape index (κ1) is 14.2. The van der Waals surface area contributed by atoms with Crippen LogP contribution >= 0.6 is 15.9 Å². The molecule has 0 saturated carbocycles. The minimum atomic E-state index is -0.0672. The Morgan fingerprint density at radius 2 is 1.95 bits per heavy atom. The minimum Gasteiger partial charge on any atom is -0.335 e. The van der Waals surface area contributed by atoms with E-state index in [0.717, 1.165) is 36.2 Å². The van der Waals surface area contributed by atoms with Crippen molar-refractivity contribution in [3.63, 3.8) is 0 Å². The van der Waals surface area contributed by atoms with E-state index < -0.39 is 0 Å². The second-order valence-corrected chi connectivity index (χ2v) is 5.72. The molecule has 0 atom stereocenters. The summed E-state index contributed by atoms with van der Waals surface area (Å²) in [7, 11) is 2.17. The van der Waals surface area contributed by atoms with E-state index in [1.807, 2.05) is 35.4 Å². The second-order valence-electron chi connectivity index (χ2n) is 4.81. The molecule has 4 nitrogen and oxygen atoms in total. The van der Waals surface area contributed by atoms with Gasteiger partial charge in [-0.2, -0.15) is 0 Å². The highest BCUT2D eigenvalue weighted by molar-refractivity contribution is 9.10. The third-order valence-corrected chi connectivity index (χ3v) is 3.71. The molecule has 2 rings (SSSR count). The number of hydrogen-bond donors (Lipinski definition) is 2. The van der Waals surface area contributed by atoms with Crippen LogP contribution in [-0.4, -0.2) is 44.1 Å². The first-order valence-corrected chi connectivity index (χ1v) is 7.23. The number of likely N-dealkylation sites (N-methyl/N-ethyl adjacent to an activating group) is 1. The smallest absolute Gasteiger partial charge is 0.258 e. The zero-order valence-corrected chi connectivity index (χ0v) is 12.6. The summed E-state index contributed by atoms with van der Waals surface area (Å²) in [5.74, 6) is -0.0672. The number of carbonyl (C=O) groups is 1. The van der Waals surface area contributed by atoms with Gasteiger partial charge in [-0.25, -0.2) is 5.01 Å². The summed E-state index contributed by atoms with van der Waals surface area (Å²) >= 11 is 3.38. The lowest BCUT2D eigenvalue weighted by atomic mass is 10.2. The van der Waals surface area contributed by atoms with E-state index in [0.29, 0.717) is 0 Å². The van der Waals surface area contributed by atoms with Crippen LogP contribution < -0.4 is 10.3 Å².